The van der Waals surface area contributed by atoms with Crippen molar-refractivity contribution in [2.45, 2.75) is 32.1 Å². The van der Waals surface area contributed by atoms with Gasteiger partial charge < -0.3 is 9.84 Å². The largest absolute Gasteiger partial charge is 0.339 e. The molecule has 0 aliphatic heterocycles. The summed E-state index contributed by atoms with van der Waals surface area (Å²) in [6, 6.07) is 15.6. The Labute approximate surface area is 146 Å². The molecule has 25 heavy (non-hydrogen) atoms. The normalized spacial score (nSPS) is 15.8. The fourth-order valence-corrected chi connectivity index (χ4v) is 3.30. The van der Waals surface area contributed by atoms with Crippen LogP contribution in [0, 0.1) is 0 Å². The third-order valence-corrected chi connectivity index (χ3v) is 4.61. The van der Waals surface area contributed by atoms with Crippen LogP contribution in [-0.2, 0) is 17.6 Å². The second-order valence-electron chi connectivity index (χ2n) is 6.23. The first-order valence-electron chi connectivity index (χ1n) is 8.56. The fraction of sp³-hybridized carbons (Fsp3) is 0.250. The second-order valence-corrected chi connectivity index (χ2v) is 6.23. The highest BCUT2D eigenvalue weighted by Gasteiger charge is 2.29. The zero-order valence-corrected chi connectivity index (χ0v) is 14.0. The lowest BCUT2D eigenvalue weighted by atomic mass is 9.98. The standard InChI is InChI=1S/C20H19N3O2/c1-2-18-22-19(23-25-18)14-9-10-16-13(12-14)8-11-17(16)20(24)21-15-6-4-3-5-7-15/h3-7,9-10,12,17H,2,8,11H2,1H3,(H,21,24)/t17-/m1/s1. The monoisotopic (exact) mass is 333 g/mol. The number of fused-ring (bicyclic) bond motifs is 1. The van der Waals surface area contributed by atoms with Gasteiger partial charge in [-0.1, -0.05) is 42.4 Å². The first kappa shape index (κ1) is 15.6. The van der Waals surface area contributed by atoms with E-state index in [9.17, 15) is 4.79 Å². The number of rotatable bonds is 4. The van der Waals surface area contributed by atoms with E-state index in [0.29, 0.717) is 11.7 Å². The van der Waals surface area contributed by atoms with E-state index >= 15 is 0 Å². The summed E-state index contributed by atoms with van der Waals surface area (Å²) in [5.74, 6) is 1.18. The van der Waals surface area contributed by atoms with Gasteiger partial charge in [0.15, 0.2) is 0 Å². The van der Waals surface area contributed by atoms with Crippen molar-refractivity contribution in [2.75, 3.05) is 5.32 Å². The van der Waals surface area contributed by atoms with E-state index in [4.69, 9.17) is 4.52 Å². The number of aromatic nitrogens is 2. The van der Waals surface area contributed by atoms with Crippen LogP contribution in [0.25, 0.3) is 11.4 Å². The third kappa shape index (κ3) is 3.05. The minimum Gasteiger partial charge on any atom is -0.339 e. The van der Waals surface area contributed by atoms with Crippen molar-refractivity contribution >= 4 is 11.6 Å². The molecular formula is C20H19N3O2. The molecule has 1 aliphatic rings. The molecule has 5 nitrogen and oxygen atoms in total. The lowest BCUT2D eigenvalue weighted by Gasteiger charge is -2.12. The van der Waals surface area contributed by atoms with Gasteiger partial charge in [0.25, 0.3) is 0 Å². The van der Waals surface area contributed by atoms with Crippen molar-refractivity contribution in [1.29, 1.82) is 0 Å². The Kier molecular flexibility index (Phi) is 4.06. The minimum absolute atomic E-state index is 0.0468. The number of amides is 1. The quantitative estimate of drug-likeness (QED) is 0.784. The van der Waals surface area contributed by atoms with E-state index in [0.717, 1.165) is 36.1 Å². The summed E-state index contributed by atoms with van der Waals surface area (Å²) in [5, 5.41) is 7.03. The van der Waals surface area contributed by atoms with Crippen LogP contribution in [0.5, 0.6) is 0 Å². The van der Waals surface area contributed by atoms with Crippen molar-refractivity contribution in [1.82, 2.24) is 10.1 Å². The molecule has 0 spiro atoms. The first-order chi connectivity index (χ1) is 12.2. The molecular weight excluding hydrogens is 314 g/mol. The molecule has 4 rings (SSSR count). The molecule has 0 fully saturated rings. The average Bonchev–Trinajstić information content (AvgIpc) is 3.29. The smallest absolute Gasteiger partial charge is 0.231 e. The molecule has 5 heteroatoms. The van der Waals surface area contributed by atoms with Crippen LogP contribution in [0.4, 0.5) is 5.69 Å². The van der Waals surface area contributed by atoms with Gasteiger partial charge in [-0.2, -0.15) is 4.98 Å². The number of hydrogen-bond donors (Lipinski definition) is 1. The molecule has 1 amide bonds. The minimum atomic E-state index is -0.110. The molecule has 0 bridgehead atoms. The molecule has 2 aromatic carbocycles. The highest BCUT2D eigenvalue weighted by atomic mass is 16.5. The molecule has 1 atom stereocenters. The van der Waals surface area contributed by atoms with Crippen molar-refractivity contribution in [3.63, 3.8) is 0 Å². The summed E-state index contributed by atoms with van der Waals surface area (Å²) in [7, 11) is 0. The van der Waals surface area contributed by atoms with Crippen molar-refractivity contribution in [3.8, 4) is 11.4 Å². The molecule has 1 heterocycles. The third-order valence-electron chi connectivity index (χ3n) is 4.61. The summed E-state index contributed by atoms with van der Waals surface area (Å²) >= 11 is 0. The number of benzene rings is 2. The van der Waals surface area contributed by atoms with Gasteiger partial charge >= 0.3 is 0 Å². The van der Waals surface area contributed by atoms with Crippen LogP contribution in [0.3, 0.4) is 0 Å². The molecule has 1 aliphatic carbocycles. The number of carbonyl (C=O) groups excluding carboxylic acids is 1. The van der Waals surface area contributed by atoms with Crippen LogP contribution in [-0.4, -0.2) is 16.0 Å². The molecule has 1 N–H and O–H groups in total. The van der Waals surface area contributed by atoms with Crippen LogP contribution in [0.2, 0.25) is 0 Å². The van der Waals surface area contributed by atoms with Gasteiger partial charge in [0, 0.05) is 17.7 Å². The Morgan fingerprint density at radius 3 is 2.84 bits per heavy atom. The molecule has 126 valence electrons. The zero-order valence-electron chi connectivity index (χ0n) is 14.0. The number of para-hydroxylation sites is 1. The summed E-state index contributed by atoms with van der Waals surface area (Å²) < 4.78 is 5.19. The number of nitrogens with one attached hydrogen (secondary N) is 1. The zero-order chi connectivity index (χ0) is 17.2. The van der Waals surface area contributed by atoms with Crippen molar-refractivity contribution < 1.29 is 9.32 Å². The van der Waals surface area contributed by atoms with Crippen LogP contribution < -0.4 is 5.32 Å². The predicted octanol–water partition coefficient (Wildman–Crippen LogP) is 3.97. The van der Waals surface area contributed by atoms with E-state index in [1.807, 2.05) is 49.4 Å². The second kappa shape index (κ2) is 6.51. The molecule has 3 aromatic rings. The maximum atomic E-state index is 12.6. The van der Waals surface area contributed by atoms with Crippen molar-refractivity contribution in [3.05, 3.63) is 65.5 Å². The van der Waals surface area contributed by atoms with Gasteiger partial charge in [-0.3, -0.25) is 4.79 Å². The Morgan fingerprint density at radius 1 is 1.24 bits per heavy atom. The Bertz CT molecular complexity index is 902. The van der Waals surface area contributed by atoms with Gasteiger partial charge in [0.05, 0.1) is 5.92 Å². The molecule has 0 radical (unpaired) electrons. The van der Waals surface area contributed by atoms with E-state index in [1.165, 1.54) is 5.56 Å². The maximum absolute atomic E-state index is 12.6. The number of hydrogen-bond acceptors (Lipinski definition) is 4. The van der Waals surface area contributed by atoms with Gasteiger partial charge in [-0.25, -0.2) is 0 Å². The fourth-order valence-electron chi connectivity index (χ4n) is 3.30. The number of carbonyl (C=O) groups is 1. The lowest BCUT2D eigenvalue weighted by Crippen LogP contribution is -2.19. The van der Waals surface area contributed by atoms with E-state index < -0.39 is 0 Å². The van der Waals surface area contributed by atoms with Gasteiger partial charge in [-0.05, 0) is 42.2 Å². The van der Waals surface area contributed by atoms with E-state index in [1.54, 1.807) is 0 Å². The molecule has 0 saturated heterocycles. The summed E-state index contributed by atoms with van der Waals surface area (Å²) in [6.07, 6.45) is 2.43. The highest BCUT2D eigenvalue weighted by Crippen LogP contribution is 2.36. The van der Waals surface area contributed by atoms with Crippen molar-refractivity contribution in [2.24, 2.45) is 0 Å². The lowest BCUT2D eigenvalue weighted by molar-refractivity contribution is -0.117. The van der Waals surface area contributed by atoms with Gasteiger partial charge in [0.1, 0.15) is 0 Å². The van der Waals surface area contributed by atoms with Crippen LogP contribution in [0.1, 0.15) is 36.3 Å². The molecule has 0 saturated carbocycles. The molecule has 1 aromatic heterocycles. The van der Waals surface area contributed by atoms with Crippen LogP contribution >= 0.6 is 0 Å². The number of anilines is 1. The summed E-state index contributed by atoms with van der Waals surface area (Å²) in [5.41, 5.74) is 4.05. The highest BCUT2D eigenvalue weighted by molar-refractivity contribution is 5.96. The SMILES string of the molecule is CCc1nc(-c2ccc3c(c2)CC[C@H]3C(=O)Nc2ccccc2)no1. The van der Waals surface area contributed by atoms with E-state index in [-0.39, 0.29) is 11.8 Å². The van der Waals surface area contributed by atoms with E-state index in [2.05, 4.69) is 21.5 Å². The first-order valence-corrected chi connectivity index (χ1v) is 8.56. The predicted molar refractivity (Wildman–Crippen MR) is 95.2 cm³/mol. The Hall–Kier alpha value is -2.95. The van der Waals surface area contributed by atoms with Gasteiger partial charge in [-0.15, -0.1) is 0 Å². The van der Waals surface area contributed by atoms with Gasteiger partial charge in [0.2, 0.25) is 17.6 Å². The molecule has 0 unspecified atom stereocenters. The maximum Gasteiger partial charge on any atom is 0.231 e. The Balaban J connectivity index is 1.55. The summed E-state index contributed by atoms with van der Waals surface area (Å²) in [4.78, 5) is 17.0. The van der Waals surface area contributed by atoms with Crippen LogP contribution in [0.15, 0.2) is 53.1 Å². The average molecular weight is 333 g/mol. The number of aryl methyl sites for hydroxylation is 2. The number of nitrogens with zero attached hydrogens (tertiary/aromatic N) is 2. The Morgan fingerprint density at radius 2 is 2.08 bits per heavy atom. The topological polar surface area (TPSA) is 68.0 Å². The summed E-state index contributed by atoms with van der Waals surface area (Å²) in [6.45, 7) is 1.98.